The maximum absolute atomic E-state index is 12.4. The fourth-order valence-corrected chi connectivity index (χ4v) is 3.09. The largest absolute Gasteiger partial charge is 0.476 e. The third-order valence-corrected chi connectivity index (χ3v) is 4.73. The highest BCUT2D eigenvalue weighted by Gasteiger charge is 2.28. The zero-order valence-corrected chi connectivity index (χ0v) is 13.9. The third kappa shape index (κ3) is 3.70. The Morgan fingerprint density at radius 1 is 1.20 bits per heavy atom. The maximum Gasteiger partial charge on any atom is 0.255 e. The van der Waals surface area contributed by atoms with Crippen molar-refractivity contribution in [3.8, 4) is 5.88 Å². The zero-order chi connectivity index (χ0) is 17.2. The van der Waals surface area contributed by atoms with Crippen molar-refractivity contribution in [2.45, 2.75) is 25.2 Å². The van der Waals surface area contributed by atoms with E-state index in [1.807, 2.05) is 12.1 Å². The second-order valence-corrected chi connectivity index (χ2v) is 6.73. The molecule has 1 amide bonds. The molecule has 1 atom stereocenters. The van der Waals surface area contributed by atoms with Crippen LogP contribution in [0.5, 0.6) is 5.88 Å². The van der Waals surface area contributed by atoms with Crippen LogP contribution in [0.15, 0.2) is 35.3 Å². The first-order chi connectivity index (χ1) is 12.2. The lowest BCUT2D eigenvalue weighted by molar-refractivity contribution is 0.0782. The number of hydrogen-bond donors (Lipinski definition) is 1. The highest BCUT2D eigenvalue weighted by Crippen LogP contribution is 2.38. The molecule has 130 valence electrons. The molecular formula is C18H20N4O3. The number of rotatable bonds is 5. The van der Waals surface area contributed by atoms with E-state index < -0.39 is 0 Å². The summed E-state index contributed by atoms with van der Waals surface area (Å²) in [7, 11) is 0. The van der Waals surface area contributed by atoms with Gasteiger partial charge in [-0.3, -0.25) is 9.59 Å². The highest BCUT2D eigenvalue weighted by molar-refractivity contribution is 5.94. The number of ether oxygens (including phenoxy) is 1. The molecule has 2 fully saturated rings. The van der Waals surface area contributed by atoms with Gasteiger partial charge in [0.25, 0.3) is 5.91 Å². The summed E-state index contributed by atoms with van der Waals surface area (Å²) in [6.45, 7) is 1.86. The van der Waals surface area contributed by atoms with Crippen molar-refractivity contribution < 1.29 is 9.53 Å². The number of H-pyrrole nitrogens is 1. The van der Waals surface area contributed by atoms with Crippen LogP contribution >= 0.6 is 0 Å². The third-order valence-electron chi connectivity index (χ3n) is 4.73. The van der Waals surface area contributed by atoms with E-state index in [-0.39, 0.29) is 17.4 Å². The van der Waals surface area contributed by atoms with Crippen molar-refractivity contribution >= 4 is 5.91 Å². The zero-order valence-electron chi connectivity index (χ0n) is 13.9. The Morgan fingerprint density at radius 2 is 2.08 bits per heavy atom. The molecule has 1 aliphatic heterocycles. The van der Waals surface area contributed by atoms with Gasteiger partial charge in [0.1, 0.15) is 0 Å². The highest BCUT2D eigenvalue weighted by atomic mass is 16.5. The van der Waals surface area contributed by atoms with Gasteiger partial charge in [-0.15, -0.1) is 5.10 Å². The number of pyridine rings is 1. The Morgan fingerprint density at radius 3 is 2.76 bits per heavy atom. The molecule has 25 heavy (non-hydrogen) atoms. The molecule has 2 aromatic heterocycles. The van der Waals surface area contributed by atoms with Crippen LogP contribution < -0.4 is 10.3 Å². The molecule has 1 unspecified atom stereocenters. The van der Waals surface area contributed by atoms with E-state index in [4.69, 9.17) is 4.74 Å². The quantitative estimate of drug-likeness (QED) is 0.893. The predicted octanol–water partition coefficient (Wildman–Crippen LogP) is 1.58. The second kappa shape index (κ2) is 6.66. The Hall–Kier alpha value is -2.70. The average molecular weight is 340 g/mol. The van der Waals surface area contributed by atoms with Crippen LogP contribution in [-0.2, 0) is 0 Å². The number of carbonyl (C=O) groups excluding carboxylic acids is 1. The smallest absolute Gasteiger partial charge is 0.255 e. The number of nitrogens with one attached hydrogen (secondary N) is 1. The first-order valence-corrected chi connectivity index (χ1v) is 8.63. The first kappa shape index (κ1) is 15.8. The lowest BCUT2D eigenvalue weighted by Gasteiger charge is -2.16. The van der Waals surface area contributed by atoms with E-state index in [9.17, 15) is 9.59 Å². The topological polar surface area (TPSA) is 88.2 Å². The minimum absolute atomic E-state index is 0.0627. The van der Waals surface area contributed by atoms with Gasteiger partial charge in [0.15, 0.2) is 0 Å². The fraction of sp³-hybridized carbons (Fsp3) is 0.444. The SMILES string of the molecule is O=C(c1ccc(=O)[nH]c1)N1CCC(COc2ccc(C3CC3)nn2)C1. The lowest BCUT2D eigenvalue weighted by Crippen LogP contribution is -2.30. The summed E-state index contributed by atoms with van der Waals surface area (Å²) in [6, 6.07) is 6.79. The van der Waals surface area contributed by atoms with Crippen LogP contribution in [0.1, 0.15) is 41.2 Å². The molecule has 0 spiro atoms. The predicted molar refractivity (Wildman–Crippen MR) is 90.6 cm³/mol. The summed E-state index contributed by atoms with van der Waals surface area (Å²) in [5, 5.41) is 8.33. The molecule has 4 rings (SSSR count). The molecule has 0 bridgehead atoms. The molecule has 2 aromatic rings. The maximum atomic E-state index is 12.4. The van der Waals surface area contributed by atoms with E-state index in [0.717, 1.165) is 12.1 Å². The van der Waals surface area contributed by atoms with Crippen molar-refractivity contribution in [1.82, 2.24) is 20.1 Å². The van der Waals surface area contributed by atoms with Crippen molar-refractivity contribution in [2.75, 3.05) is 19.7 Å². The van der Waals surface area contributed by atoms with E-state index in [0.29, 0.717) is 37.1 Å². The van der Waals surface area contributed by atoms with E-state index >= 15 is 0 Å². The summed E-state index contributed by atoms with van der Waals surface area (Å²) >= 11 is 0. The Balaban J connectivity index is 1.29. The molecule has 1 saturated carbocycles. The monoisotopic (exact) mass is 340 g/mol. The molecular weight excluding hydrogens is 320 g/mol. The number of aromatic amines is 1. The number of amides is 1. The Labute approximate surface area is 145 Å². The summed E-state index contributed by atoms with van der Waals surface area (Å²) in [5.41, 5.74) is 1.34. The van der Waals surface area contributed by atoms with Crippen molar-refractivity contribution in [1.29, 1.82) is 0 Å². The van der Waals surface area contributed by atoms with Gasteiger partial charge < -0.3 is 14.6 Å². The van der Waals surface area contributed by atoms with Gasteiger partial charge in [-0.1, -0.05) is 0 Å². The summed E-state index contributed by atoms with van der Waals surface area (Å²) in [4.78, 5) is 27.8. The van der Waals surface area contributed by atoms with Gasteiger partial charge in [0.2, 0.25) is 11.4 Å². The number of nitrogens with zero attached hydrogens (tertiary/aromatic N) is 3. The fourth-order valence-electron chi connectivity index (χ4n) is 3.09. The lowest BCUT2D eigenvalue weighted by atomic mass is 10.1. The minimum Gasteiger partial charge on any atom is -0.476 e. The van der Waals surface area contributed by atoms with Gasteiger partial charge >= 0.3 is 0 Å². The summed E-state index contributed by atoms with van der Waals surface area (Å²) in [6.07, 6.45) is 4.76. The molecule has 1 N–H and O–H groups in total. The Bertz CT molecular complexity index is 793. The van der Waals surface area contributed by atoms with Gasteiger partial charge in [-0.05, 0) is 31.4 Å². The molecule has 3 heterocycles. The first-order valence-electron chi connectivity index (χ1n) is 8.63. The van der Waals surface area contributed by atoms with Crippen molar-refractivity contribution in [3.63, 3.8) is 0 Å². The van der Waals surface area contributed by atoms with Crippen molar-refractivity contribution in [2.24, 2.45) is 5.92 Å². The van der Waals surface area contributed by atoms with Crippen LogP contribution in [0.25, 0.3) is 0 Å². The Kier molecular flexibility index (Phi) is 4.21. The van der Waals surface area contributed by atoms with E-state index in [1.54, 1.807) is 11.0 Å². The molecule has 7 nitrogen and oxygen atoms in total. The van der Waals surface area contributed by atoms with E-state index in [2.05, 4.69) is 15.2 Å². The summed E-state index contributed by atoms with van der Waals surface area (Å²) in [5.74, 6) is 1.34. The number of likely N-dealkylation sites (tertiary alicyclic amines) is 1. The second-order valence-electron chi connectivity index (χ2n) is 6.73. The molecule has 0 aromatic carbocycles. The molecule has 2 aliphatic rings. The minimum atomic E-state index is -0.210. The average Bonchev–Trinajstić information content (AvgIpc) is 3.38. The summed E-state index contributed by atoms with van der Waals surface area (Å²) < 4.78 is 5.74. The number of carbonyl (C=O) groups is 1. The van der Waals surface area contributed by atoms with Gasteiger partial charge in [-0.2, -0.15) is 5.10 Å². The standard InChI is InChI=1S/C18H20N4O3/c23-16-5-3-14(9-19-16)18(24)22-8-7-12(10-22)11-25-17-6-4-15(20-21-17)13-1-2-13/h3-6,9,12-13H,1-2,7-8,10-11H2,(H,19,23). The van der Waals surface area contributed by atoms with Crippen LogP contribution in [0.4, 0.5) is 0 Å². The van der Waals surface area contributed by atoms with Crippen LogP contribution in [0.3, 0.4) is 0 Å². The molecule has 0 radical (unpaired) electrons. The number of aromatic nitrogens is 3. The molecule has 7 heteroatoms. The van der Waals surface area contributed by atoms with Crippen LogP contribution in [-0.4, -0.2) is 45.7 Å². The van der Waals surface area contributed by atoms with Crippen LogP contribution in [0, 0.1) is 5.92 Å². The molecule has 1 aliphatic carbocycles. The van der Waals surface area contributed by atoms with Gasteiger partial charge in [0.05, 0.1) is 17.9 Å². The normalized spacial score (nSPS) is 19.8. The van der Waals surface area contributed by atoms with Gasteiger partial charge in [-0.25, -0.2) is 0 Å². The van der Waals surface area contributed by atoms with E-state index in [1.165, 1.54) is 25.1 Å². The van der Waals surface area contributed by atoms with Crippen LogP contribution in [0.2, 0.25) is 0 Å². The number of hydrogen-bond acceptors (Lipinski definition) is 5. The van der Waals surface area contributed by atoms with Crippen molar-refractivity contribution in [3.05, 3.63) is 52.1 Å². The van der Waals surface area contributed by atoms with Gasteiger partial charge in [0, 0.05) is 43.3 Å². The molecule has 1 saturated heterocycles.